The number of carbonyl (C=O) groups excluding carboxylic acids is 1. The van der Waals surface area contributed by atoms with E-state index in [1.54, 1.807) is 20.8 Å². The Kier molecular flexibility index (Phi) is 10.1. The van der Waals surface area contributed by atoms with Crippen LogP contribution in [0.2, 0.25) is 0 Å². The first-order valence-corrected chi connectivity index (χ1v) is 16.6. The van der Waals surface area contributed by atoms with Gasteiger partial charge in [-0.1, -0.05) is 54.6 Å². The van der Waals surface area contributed by atoms with Gasteiger partial charge in [-0.2, -0.15) is 17.6 Å². The standard InChI is InChI=1S/C18H15S.C14H20F4O6S/c1-4-10-16(11-5-1)19(17-12-6-2-7-13-17)18-14-8-3-9-15-18;1-12(2,3)24-11(19)23-10-6-7-4-8(10)9(5-7)13(15,16)14(17,18)25(20,21)22/h1-15H;7-10H,4-6H2,1-3H3,(H,20,21,22)/q+1;/p-1. The molecule has 2 fully saturated rings. The maximum Gasteiger partial charge on any atom is 0.509 e. The predicted octanol–water partition coefficient (Wildman–Crippen LogP) is 7.91. The fraction of sp³-hybridized carbons (Fsp3) is 0.406. The normalized spacial score (nSPS) is 21.8. The molecule has 4 unspecified atom stereocenters. The van der Waals surface area contributed by atoms with Gasteiger partial charge in [0.1, 0.15) is 11.7 Å². The van der Waals surface area contributed by atoms with Crippen LogP contribution in [0.4, 0.5) is 22.4 Å². The van der Waals surface area contributed by atoms with Crippen LogP contribution in [0.25, 0.3) is 0 Å². The molecule has 0 saturated heterocycles. The first-order chi connectivity index (χ1) is 20.5. The second-order valence-electron chi connectivity index (χ2n) is 11.8. The summed E-state index contributed by atoms with van der Waals surface area (Å²) in [6.07, 6.45) is -2.28. The minimum absolute atomic E-state index is 0.0146. The average Bonchev–Trinajstić information content (AvgIpc) is 3.55. The molecule has 2 aliphatic carbocycles. The number of halogens is 4. The molecule has 2 aliphatic rings. The minimum Gasteiger partial charge on any atom is -0.743 e. The summed E-state index contributed by atoms with van der Waals surface area (Å²) < 4.78 is 97.0. The molecule has 6 nitrogen and oxygen atoms in total. The van der Waals surface area contributed by atoms with Crippen molar-refractivity contribution in [2.24, 2.45) is 17.8 Å². The molecular weight excluding hydrogens is 620 g/mol. The number of fused-ring (bicyclic) bond motifs is 2. The Labute approximate surface area is 257 Å². The van der Waals surface area contributed by atoms with Gasteiger partial charge in [0, 0.05) is 11.8 Å². The summed E-state index contributed by atoms with van der Waals surface area (Å²) in [7, 11) is -6.56. The molecular formula is C32H34F4O6S2. The Hall–Kier alpha value is -3.09. The van der Waals surface area contributed by atoms with Crippen LogP contribution in [-0.2, 0) is 30.5 Å². The quantitative estimate of drug-likeness (QED) is 0.111. The summed E-state index contributed by atoms with van der Waals surface area (Å²) in [5, 5.41) is -5.73. The molecule has 3 aromatic carbocycles. The molecule has 4 atom stereocenters. The van der Waals surface area contributed by atoms with E-state index in [-0.39, 0.29) is 30.2 Å². The molecule has 0 N–H and O–H groups in total. The van der Waals surface area contributed by atoms with Crippen molar-refractivity contribution in [1.82, 2.24) is 0 Å². The van der Waals surface area contributed by atoms with E-state index in [1.165, 1.54) is 14.7 Å². The molecule has 0 amide bonds. The SMILES string of the molecule is CC(C)(C)OC(=O)OC1CC2CC1C(C(F)(F)C(F)(F)S(=O)(=O)[O-])C2.c1ccc([S+](c2ccccc2)c2ccccc2)cc1. The van der Waals surface area contributed by atoms with Crippen LogP contribution in [0.15, 0.2) is 106 Å². The van der Waals surface area contributed by atoms with Gasteiger partial charge in [0.15, 0.2) is 24.8 Å². The highest BCUT2D eigenvalue weighted by atomic mass is 32.2. The third-order valence-corrected chi connectivity index (χ3v) is 10.6. The predicted molar refractivity (Wildman–Crippen MR) is 157 cm³/mol. The van der Waals surface area contributed by atoms with Crippen LogP contribution < -0.4 is 0 Å². The number of rotatable bonds is 7. The van der Waals surface area contributed by atoms with Crippen molar-refractivity contribution in [3.8, 4) is 0 Å². The number of benzene rings is 3. The highest BCUT2D eigenvalue weighted by molar-refractivity contribution is 7.97. The van der Waals surface area contributed by atoms with E-state index in [0.29, 0.717) is 0 Å². The van der Waals surface area contributed by atoms with Gasteiger partial charge < -0.3 is 14.0 Å². The van der Waals surface area contributed by atoms with Gasteiger partial charge in [-0.25, -0.2) is 13.2 Å². The number of alkyl halides is 4. The Morgan fingerprint density at radius 1 is 0.773 bits per heavy atom. The molecule has 0 aromatic heterocycles. The van der Waals surface area contributed by atoms with Gasteiger partial charge in [0.2, 0.25) is 0 Å². The zero-order valence-electron chi connectivity index (χ0n) is 24.4. The van der Waals surface area contributed by atoms with Crippen LogP contribution in [0.3, 0.4) is 0 Å². The summed E-state index contributed by atoms with van der Waals surface area (Å²) in [6.45, 7) is 4.68. The van der Waals surface area contributed by atoms with Gasteiger partial charge in [0.05, 0.1) is 10.9 Å². The second kappa shape index (κ2) is 13.1. The minimum atomic E-state index is -6.54. The largest absolute Gasteiger partial charge is 0.743 e. The molecule has 44 heavy (non-hydrogen) atoms. The maximum absolute atomic E-state index is 14.1. The maximum atomic E-state index is 14.1. The molecule has 5 rings (SSSR count). The Morgan fingerprint density at radius 2 is 1.20 bits per heavy atom. The molecule has 0 radical (unpaired) electrons. The van der Waals surface area contributed by atoms with Crippen molar-refractivity contribution in [2.75, 3.05) is 0 Å². The van der Waals surface area contributed by atoms with Crippen molar-refractivity contribution >= 4 is 27.2 Å². The van der Waals surface area contributed by atoms with Gasteiger partial charge in [-0.05, 0) is 82.3 Å². The first kappa shape index (κ1) is 33.8. The highest BCUT2D eigenvalue weighted by Crippen LogP contribution is 2.58. The molecule has 12 heteroatoms. The van der Waals surface area contributed by atoms with Gasteiger partial charge in [-0.3, -0.25) is 0 Å². The summed E-state index contributed by atoms with van der Waals surface area (Å²) in [5.41, 5.74) is -0.887. The third-order valence-electron chi connectivity index (χ3n) is 7.49. The molecule has 2 bridgehead atoms. The van der Waals surface area contributed by atoms with E-state index in [0.717, 1.165) is 0 Å². The van der Waals surface area contributed by atoms with Crippen molar-refractivity contribution in [3.05, 3.63) is 91.0 Å². The Bertz CT molecular complexity index is 1410. The lowest BCUT2D eigenvalue weighted by molar-refractivity contribution is -0.210. The van der Waals surface area contributed by atoms with E-state index in [1.807, 2.05) is 0 Å². The van der Waals surface area contributed by atoms with Crippen molar-refractivity contribution in [1.29, 1.82) is 0 Å². The van der Waals surface area contributed by atoms with Gasteiger partial charge in [-0.15, -0.1) is 0 Å². The van der Waals surface area contributed by atoms with Gasteiger partial charge in [0.25, 0.3) is 0 Å². The summed E-state index contributed by atoms with van der Waals surface area (Å²) >= 11 is 0. The third kappa shape index (κ3) is 7.58. The monoisotopic (exact) mass is 654 g/mol. The van der Waals surface area contributed by atoms with E-state index < -0.39 is 56.9 Å². The van der Waals surface area contributed by atoms with E-state index in [4.69, 9.17) is 9.47 Å². The molecule has 3 aromatic rings. The molecule has 238 valence electrons. The summed E-state index contributed by atoms with van der Waals surface area (Å²) in [4.78, 5) is 15.8. The van der Waals surface area contributed by atoms with Crippen LogP contribution in [0.1, 0.15) is 40.0 Å². The fourth-order valence-electron chi connectivity index (χ4n) is 5.70. The van der Waals surface area contributed by atoms with Crippen LogP contribution in [0, 0.1) is 17.8 Å². The molecule has 0 heterocycles. The smallest absolute Gasteiger partial charge is 0.509 e. The number of ether oxygens (including phenoxy) is 2. The molecule has 2 saturated carbocycles. The molecule has 0 spiro atoms. The molecule has 0 aliphatic heterocycles. The Balaban J connectivity index is 0.000000208. The van der Waals surface area contributed by atoms with Crippen molar-refractivity contribution in [2.45, 2.75) is 77.6 Å². The first-order valence-electron chi connectivity index (χ1n) is 14.0. The van der Waals surface area contributed by atoms with E-state index >= 15 is 0 Å². The summed E-state index contributed by atoms with van der Waals surface area (Å²) in [5.74, 6) is -8.71. The highest BCUT2D eigenvalue weighted by Gasteiger charge is 2.70. The van der Waals surface area contributed by atoms with Crippen LogP contribution in [-0.4, -0.2) is 42.0 Å². The zero-order chi connectivity index (χ0) is 32.3. The van der Waals surface area contributed by atoms with Crippen LogP contribution in [0.5, 0.6) is 0 Å². The van der Waals surface area contributed by atoms with E-state index in [9.17, 15) is 35.3 Å². The average molecular weight is 655 g/mol. The number of carbonyl (C=O) groups is 1. The lowest BCUT2D eigenvalue weighted by Crippen LogP contribution is -2.54. The summed E-state index contributed by atoms with van der Waals surface area (Å²) in [6, 6.07) is 32.2. The lowest BCUT2D eigenvalue weighted by atomic mass is 9.82. The zero-order valence-corrected chi connectivity index (χ0v) is 26.0. The van der Waals surface area contributed by atoms with Crippen molar-refractivity contribution in [3.63, 3.8) is 0 Å². The van der Waals surface area contributed by atoms with Gasteiger partial charge >= 0.3 is 17.3 Å². The van der Waals surface area contributed by atoms with Crippen molar-refractivity contribution < 1.29 is 44.8 Å². The topological polar surface area (TPSA) is 92.7 Å². The Morgan fingerprint density at radius 3 is 1.57 bits per heavy atom. The second-order valence-corrected chi connectivity index (χ2v) is 15.3. The van der Waals surface area contributed by atoms with Crippen LogP contribution >= 0.6 is 0 Å². The number of hydrogen-bond donors (Lipinski definition) is 0. The van der Waals surface area contributed by atoms with E-state index in [2.05, 4.69) is 91.0 Å². The number of hydrogen-bond acceptors (Lipinski definition) is 6. The lowest BCUT2D eigenvalue weighted by Gasteiger charge is -2.38. The fourth-order valence-corrected chi connectivity index (χ4v) is 8.29.